The summed E-state index contributed by atoms with van der Waals surface area (Å²) in [4.78, 5) is 15.6. The smallest absolute Gasteiger partial charge is 0.241 e. The van der Waals surface area contributed by atoms with Crippen LogP contribution in [0.1, 0.15) is 18.9 Å². The standard InChI is InChI=1S/C15H25N3O2/c1-5-8-18(11-15(19)17(2)3)14-9-13(20-4)7-6-12(14)10-16/h6-7,9H,5,8,10-11,16H2,1-4H3. The van der Waals surface area contributed by atoms with Crippen LogP contribution in [0.4, 0.5) is 5.69 Å². The number of rotatable bonds is 7. The maximum atomic E-state index is 12.0. The molecule has 0 aliphatic carbocycles. The van der Waals surface area contributed by atoms with Crippen LogP contribution in [0.5, 0.6) is 5.75 Å². The van der Waals surface area contributed by atoms with Crippen LogP contribution in [0, 0.1) is 0 Å². The molecule has 0 radical (unpaired) electrons. The van der Waals surface area contributed by atoms with Crippen molar-refractivity contribution in [3.8, 4) is 5.75 Å². The Bertz CT molecular complexity index is 447. The predicted molar refractivity (Wildman–Crippen MR) is 82.1 cm³/mol. The van der Waals surface area contributed by atoms with E-state index in [0.29, 0.717) is 13.1 Å². The highest BCUT2D eigenvalue weighted by atomic mass is 16.5. The van der Waals surface area contributed by atoms with Crippen molar-refractivity contribution in [1.82, 2.24) is 4.90 Å². The van der Waals surface area contributed by atoms with Crippen LogP contribution < -0.4 is 15.4 Å². The van der Waals surface area contributed by atoms with E-state index in [9.17, 15) is 4.79 Å². The highest BCUT2D eigenvalue weighted by Crippen LogP contribution is 2.26. The number of anilines is 1. The minimum absolute atomic E-state index is 0.0734. The van der Waals surface area contributed by atoms with Crippen molar-refractivity contribution in [2.75, 3.05) is 39.2 Å². The lowest BCUT2D eigenvalue weighted by Gasteiger charge is -2.27. The largest absolute Gasteiger partial charge is 0.497 e. The maximum Gasteiger partial charge on any atom is 0.241 e. The minimum Gasteiger partial charge on any atom is -0.497 e. The minimum atomic E-state index is 0.0734. The summed E-state index contributed by atoms with van der Waals surface area (Å²) >= 11 is 0. The molecule has 0 fully saturated rings. The second kappa shape index (κ2) is 7.75. The lowest BCUT2D eigenvalue weighted by atomic mass is 10.1. The Labute approximate surface area is 121 Å². The molecular weight excluding hydrogens is 254 g/mol. The van der Waals surface area contributed by atoms with Crippen molar-refractivity contribution in [2.24, 2.45) is 5.73 Å². The molecule has 1 aromatic rings. The Morgan fingerprint density at radius 3 is 2.55 bits per heavy atom. The van der Waals surface area contributed by atoms with Crippen molar-refractivity contribution in [3.63, 3.8) is 0 Å². The van der Waals surface area contributed by atoms with Crippen molar-refractivity contribution in [3.05, 3.63) is 23.8 Å². The van der Waals surface area contributed by atoms with Gasteiger partial charge in [0, 0.05) is 38.9 Å². The molecule has 0 heterocycles. The van der Waals surface area contributed by atoms with Crippen LogP contribution in [-0.4, -0.2) is 45.1 Å². The summed E-state index contributed by atoms with van der Waals surface area (Å²) in [6, 6.07) is 5.79. The summed E-state index contributed by atoms with van der Waals surface area (Å²) in [5.41, 5.74) is 7.80. The third-order valence-corrected chi connectivity index (χ3v) is 3.17. The molecule has 0 saturated carbocycles. The SMILES string of the molecule is CCCN(CC(=O)N(C)C)c1cc(OC)ccc1CN. The summed E-state index contributed by atoms with van der Waals surface area (Å²) in [6.45, 7) is 3.69. The first-order chi connectivity index (χ1) is 9.53. The molecule has 0 saturated heterocycles. The average Bonchev–Trinajstić information content (AvgIpc) is 2.45. The van der Waals surface area contributed by atoms with E-state index in [2.05, 4.69) is 11.8 Å². The maximum absolute atomic E-state index is 12.0. The molecule has 1 aromatic carbocycles. The Kier molecular flexibility index (Phi) is 6.31. The number of hydrogen-bond acceptors (Lipinski definition) is 4. The topological polar surface area (TPSA) is 58.8 Å². The van der Waals surface area contributed by atoms with E-state index >= 15 is 0 Å². The summed E-state index contributed by atoms with van der Waals surface area (Å²) < 4.78 is 5.27. The van der Waals surface area contributed by atoms with Gasteiger partial charge in [0.1, 0.15) is 5.75 Å². The number of nitrogens with zero attached hydrogens (tertiary/aromatic N) is 2. The number of nitrogens with two attached hydrogens (primary N) is 1. The third-order valence-electron chi connectivity index (χ3n) is 3.17. The van der Waals surface area contributed by atoms with Crippen LogP contribution in [0.25, 0.3) is 0 Å². The van der Waals surface area contributed by atoms with Crippen LogP contribution in [-0.2, 0) is 11.3 Å². The van der Waals surface area contributed by atoms with Gasteiger partial charge in [0.2, 0.25) is 5.91 Å². The molecule has 0 bridgehead atoms. The van der Waals surface area contributed by atoms with E-state index in [1.165, 1.54) is 0 Å². The molecule has 0 spiro atoms. The van der Waals surface area contributed by atoms with E-state index in [4.69, 9.17) is 10.5 Å². The van der Waals surface area contributed by atoms with Crippen molar-refractivity contribution in [1.29, 1.82) is 0 Å². The van der Waals surface area contributed by atoms with Gasteiger partial charge in [0.25, 0.3) is 0 Å². The van der Waals surface area contributed by atoms with Gasteiger partial charge in [-0.3, -0.25) is 4.79 Å². The number of amides is 1. The summed E-state index contributed by atoms with van der Waals surface area (Å²) in [5, 5.41) is 0. The molecule has 1 rings (SSSR count). The van der Waals surface area contributed by atoms with E-state index < -0.39 is 0 Å². The van der Waals surface area contributed by atoms with Gasteiger partial charge in [-0.05, 0) is 18.1 Å². The Morgan fingerprint density at radius 2 is 2.05 bits per heavy atom. The van der Waals surface area contributed by atoms with E-state index in [1.54, 1.807) is 26.1 Å². The van der Waals surface area contributed by atoms with Gasteiger partial charge in [-0.1, -0.05) is 13.0 Å². The molecule has 1 amide bonds. The van der Waals surface area contributed by atoms with Gasteiger partial charge >= 0.3 is 0 Å². The Morgan fingerprint density at radius 1 is 1.35 bits per heavy atom. The average molecular weight is 279 g/mol. The second-order valence-electron chi connectivity index (χ2n) is 4.91. The molecule has 2 N–H and O–H groups in total. The first kappa shape index (κ1) is 16.3. The summed E-state index contributed by atoms with van der Waals surface area (Å²) in [6.07, 6.45) is 0.960. The van der Waals surface area contributed by atoms with Crippen LogP contribution in [0.3, 0.4) is 0 Å². The zero-order valence-corrected chi connectivity index (χ0v) is 12.8. The Hall–Kier alpha value is -1.75. The molecule has 5 heteroatoms. The van der Waals surface area contributed by atoms with Gasteiger partial charge in [-0.15, -0.1) is 0 Å². The molecule has 0 unspecified atom stereocenters. The van der Waals surface area contributed by atoms with Crippen LogP contribution in [0.2, 0.25) is 0 Å². The number of benzene rings is 1. The van der Waals surface area contributed by atoms with Crippen molar-refractivity contribution < 1.29 is 9.53 Å². The van der Waals surface area contributed by atoms with Gasteiger partial charge in [0.15, 0.2) is 0 Å². The van der Waals surface area contributed by atoms with Crippen molar-refractivity contribution in [2.45, 2.75) is 19.9 Å². The number of carbonyl (C=O) groups excluding carboxylic acids is 1. The number of methoxy groups -OCH3 is 1. The lowest BCUT2D eigenvalue weighted by molar-refractivity contribution is -0.127. The normalized spacial score (nSPS) is 10.2. The fourth-order valence-corrected chi connectivity index (χ4v) is 2.00. The monoisotopic (exact) mass is 279 g/mol. The predicted octanol–water partition coefficient (Wildman–Crippen LogP) is 1.46. The molecule has 112 valence electrons. The number of likely N-dealkylation sites (N-methyl/N-ethyl adjacent to an activating group) is 1. The zero-order chi connectivity index (χ0) is 15.1. The van der Waals surface area contributed by atoms with Gasteiger partial charge in [0.05, 0.1) is 13.7 Å². The third kappa shape index (κ3) is 4.13. The quantitative estimate of drug-likeness (QED) is 0.821. The van der Waals surface area contributed by atoms with Crippen molar-refractivity contribution >= 4 is 11.6 Å². The number of hydrogen-bond donors (Lipinski definition) is 1. The first-order valence-corrected chi connectivity index (χ1v) is 6.85. The Balaban J connectivity index is 3.08. The van der Waals surface area contributed by atoms with Crippen LogP contribution in [0.15, 0.2) is 18.2 Å². The molecule has 5 nitrogen and oxygen atoms in total. The summed E-state index contributed by atoms with van der Waals surface area (Å²) in [5.74, 6) is 0.847. The molecule has 20 heavy (non-hydrogen) atoms. The number of carbonyl (C=O) groups is 1. The lowest BCUT2D eigenvalue weighted by Crippen LogP contribution is -2.37. The van der Waals surface area contributed by atoms with Gasteiger partial charge in [-0.25, -0.2) is 0 Å². The molecule has 0 aromatic heterocycles. The summed E-state index contributed by atoms with van der Waals surface area (Å²) in [7, 11) is 5.17. The van der Waals surface area contributed by atoms with E-state index in [1.807, 2.05) is 18.2 Å². The van der Waals surface area contributed by atoms with Gasteiger partial charge < -0.3 is 20.3 Å². The van der Waals surface area contributed by atoms with Crippen LogP contribution >= 0.6 is 0 Å². The van der Waals surface area contributed by atoms with Gasteiger partial charge in [-0.2, -0.15) is 0 Å². The van der Waals surface area contributed by atoms with E-state index in [0.717, 1.165) is 30.0 Å². The molecular formula is C15H25N3O2. The fraction of sp³-hybridized carbons (Fsp3) is 0.533. The molecule has 0 atom stereocenters. The van der Waals surface area contributed by atoms with E-state index in [-0.39, 0.29) is 5.91 Å². The molecule has 0 aliphatic rings. The highest BCUT2D eigenvalue weighted by Gasteiger charge is 2.16. The second-order valence-corrected chi connectivity index (χ2v) is 4.91. The first-order valence-electron chi connectivity index (χ1n) is 6.85. The number of ether oxygens (including phenoxy) is 1. The fourth-order valence-electron chi connectivity index (χ4n) is 2.00. The molecule has 0 aliphatic heterocycles. The highest BCUT2D eigenvalue weighted by molar-refractivity contribution is 5.81. The zero-order valence-electron chi connectivity index (χ0n) is 12.8.